The zero-order chi connectivity index (χ0) is 17.3. The largest absolute Gasteiger partial charge is 0.493 e. The number of carbonyl (C=O) groups excluding carboxylic acids is 2. The minimum atomic E-state index is -0.950. The Kier molecular flexibility index (Phi) is 4.20. The highest BCUT2D eigenvalue weighted by Crippen LogP contribution is 2.37. The van der Waals surface area contributed by atoms with Gasteiger partial charge in [0.15, 0.2) is 17.6 Å². The van der Waals surface area contributed by atoms with E-state index < -0.39 is 17.9 Å². The van der Waals surface area contributed by atoms with Gasteiger partial charge in [-0.1, -0.05) is 6.07 Å². The SMILES string of the molecule is COc1ccc2c(c1OC)C(=O)OC(C(=O)c1ccc(F)cc1)C2. The number of benzene rings is 2. The van der Waals surface area contributed by atoms with Crippen molar-refractivity contribution in [3.05, 3.63) is 58.9 Å². The van der Waals surface area contributed by atoms with Crippen molar-refractivity contribution in [1.29, 1.82) is 0 Å². The first-order valence-electron chi connectivity index (χ1n) is 7.29. The Hall–Kier alpha value is -2.89. The molecule has 0 spiro atoms. The standard InChI is InChI=1S/C18H15FO5/c1-22-13-8-5-11-9-14(24-18(21)15(11)17(13)23-2)16(20)10-3-6-12(19)7-4-10/h3-8,14H,9H2,1-2H3. The van der Waals surface area contributed by atoms with Crippen molar-refractivity contribution in [3.8, 4) is 11.5 Å². The van der Waals surface area contributed by atoms with Gasteiger partial charge in [0.2, 0.25) is 5.78 Å². The Labute approximate surface area is 138 Å². The molecule has 6 heteroatoms. The van der Waals surface area contributed by atoms with Gasteiger partial charge in [-0.05, 0) is 35.9 Å². The topological polar surface area (TPSA) is 61.8 Å². The monoisotopic (exact) mass is 330 g/mol. The summed E-state index contributed by atoms with van der Waals surface area (Å²) in [5, 5.41) is 0. The summed E-state index contributed by atoms with van der Waals surface area (Å²) in [5.41, 5.74) is 1.20. The van der Waals surface area contributed by atoms with Gasteiger partial charge in [-0.3, -0.25) is 4.79 Å². The predicted octanol–water partition coefficient (Wildman–Crippen LogP) is 2.81. The minimum Gasteiger partial charge on any atom is -0.493 e. The molecular formula is C18H15FO5. The Morgan fingerprint density at radius 1 is 1.12 bits per heavy atom. The molecule has 0 aromatic heterocycles. The summed E-state index contributed by atoms with van der Waals surface area (Å²) in [6, 6.07) is 8.52. The molecule has 0 saturated carbocycles. The van der Waals surface area contributed by atoms with Crippen LogP contribution in [0.3, 0.4) is 0 Å². The molecule has 3 rings (SSSR count). The van der Waals surface area contributed by atoms with Crippen LogP contribution >= 0.6 is 0 Å². The van der Waals surface area contributed by atoms with Crippen LogP contribution in [0.5, 0.6) is 11.5 Å². The highest BCUT2D eigenvalue weighted by Gasteiger charge is 2.35. The van der Waals surface area contributed by atoms with Crippen molar-refractivity contribution in [2.75, 3.05) is 14.2 Å². The summed E-state index contributed by atoms with van der Waals surface area (Å²) < 4.78 is 28.7. The fraction of sp³-hybridized carbons (Fsp3) is 0.222. The van der Waals surface area contributed by atoms with Crippen molar-refractivity contribution >= 4 is 11.8 Å². The van der Waals surface area contributed by atoms with E-state index in [1.165, 1.54) is 38.5 Å². The van der Waals surface area contributed by atoms with Crippen LogP contribution in [0.1, 0.15) is 26.3 Å². The first-order valence-corrected chi connectivity index (χ1v) is 7.29. The molecule has 2 aromatic carbocycles. The lowest BCUT2D eigenvalue weighted by Crippen LogP contribution is -2.34. The smallest absolute Gasteiger partial charge is 0.343 e. The molecule has 0 N–H and O–H groups in total. The maximum absolute atomic E-state index is 13.0. The summed E-state index contributed by atoms with van der Waals surface area (Å²) in [6.07, 6.45) is -0.731. The second kappa shape index (κ2) is 6.31. The lowest BCUT2D eigenvalue weighted by Gasteiger charge is -2.25. The third kappa shape index (κ3) is 2.71. The van der Waals surface area contributed by atoms with Crippen molar-refractivity contribution in [3.63, 3.8) is 0 Å². The molecule has 5 nitrogen and oxygen atoms in total. The highest BCUT2D eigenvalue weighted by molar-refractivity contribution is 6.04. The Bertz CT molecular complexity index is 798. The average Bonchev–Trinajstić information content (AvgIpc) is 2.60. The molecule has 1 aliphatic rings. The number of halogens is 1. The molecule has 0 saturated heterocycles. The zero-order valence-electron chi connectivity index (χ0n) is 13.2. The maximum Gasteiger partial charge on any atom is 0.343 e. The molecule has 1 unspecified atom stereocenters. The van der Waals surface area contributed by atoms with E-state index in [-0.39, 0.29) is 29.1 Å². The van der Waals surface area contributed by atoms with E-state index in [0.717, 1.165) is 0 Å². The average molecular weight is 330 g/mol. The summed E-state index contributed by atoms with van der Waals surface area (Å²) in [4.78, 5) is 24.9. The molecular weight excluding hydrogens is 315 g/mol. The molecule has 0 amide bonds. The van der Waals surface area contributed by atoms with Gasteiger partial charge in [-0.2, -0.15) is 0 Å². The van der Waals surface area contributed by atoms with Crippen molar-refractivity contribution in [2.24, 2.45) is 0 Å². The first kappa shape index (κ1) is 16.0. The third-order valence-electron chi connectivity index (χ3n) is 3.91. The van der Waals surface area contributed by atoms with Crippen LogP contribution in [-0.2, 0) is 11.2 Å². The molecule has 1 atom stereocenters. The number of esters is 1. The fourth-order valence-corrected chi connectivity index (χ4v) is 2.74. The Morgan fingerprint density at radius 2 is 1.83 bits per heavy atom. The highest BCUT2D eigenvalue weighted by atomic mass is 19.1. The van der Waals surface area contributed by atoms with E-state index in [0.29, 0.717) is 11.3 Å². The lowest BCUT2D eigenvalue weighted by atomic mass is 9.93. The molecule has 0 bridgehead atoms. The number of hydrogen-bond donors (Lipinski definition) is 0. The van der Waals surface area contributed by atoms with Gasteiger partial charge in [0.25, 0.3) is 0 Å². The van der Waals surface area contributed by atoms with E-state index in [4.69, 9.17) is 14.2 Å². The number of rotatable bonds is 4. The quantitative estimate of drug-likeness (QED) is 0.637. The number of ketones is 1. The van der Waals surface area contributed by atoms with Gasteiger partial charge in [-0.15, -0.1) is 0 Å². The van der Waals surface area contributed by atoms with Gasteiger partial charge in [0.05, 0.1) is 14.2 Å². The molecule has 2 aromatic rings. The predicted molar refractivity (Wildman–Crippen MR) is 83.2 cm³/mol. The van der Waals surface area contributed by atoms with Crippen LogP contribution < -0.4 is 9.47 Å². The Balaban J connectivity index is 1.94. The van der Waals surface area contributed by atoms with E-state index in [9.17, 15) is 14.0 Å². The number of fused-ring (bicyclic) bond motifs is 1. The zero-order valence-corrected chi connectivity index (χ0v) is 13.2. The molecule has 0 aliphatic carbocycles. The Morgan fingerprint density at radius 3 is 2.46 bits per heavy atom. The molecule has 24 heavy (non-hydrogen) atoms. The number of Topliss-reactive ketones (excluding diaryl/α,β-unsaturated/α-hetero) is 1. The fourth-order valence-electron chi connectivity index (χ4n) is 2.74. The van der Waals surface area contributed by atoms with Crippen LogP contribution in [0.4, 0.5) is 4.39 Å². The van der Waals surface area contributed by atoms with Gasteiger partial charge < -0.3 is 14.2 Å². The van der Waals surface area contributed by atoms with Crippen molar-refractivity contribution in [2.45, 2.75) is 12.5 Å². The van der Waals surface area contributed by atoms with Crippen LogP contribution in [0.15, 0.2) is 36.4 Å². The second-order valence-electron chi connectivity index (χ2n) is 5.30. The third-order valence-corrected chi connectivity index (χ3v) is 3.91. The molecule has 124 valence electrons. The summed E-state index contributed by atoms with van der Waals surface area (Å²) in [7, 11) is 2.90. The minimum absolute atomic E-state index is 0.220. The van der Waals surface area contributed by atoms with E-state index in [2.05, 4.69) is 0 Å². The van der Waals surface area contributed by atoms with Crippen LogP contribution in [0.2, 0.25) is 0 Å². The van der Waals surface area contributed by atoms with Crippen LogP contribution in [-0.4, -0.2) is 32.1 Å². The van der Waals surface area contributed by atoms with Gasteiger partial charge in [0.1, 0.15) is 11.4 Å². The maximum atomic E-state index is 13.0. The molecule has 0 radical (unpaired) electrons. The lowest BCUT2D eigenvalue weighted by molar-refractivity contribution is 0.0243. The van der Waals surface area contributed by atoms with Crippen LogP contribution in [0.25, 0.3) is 0 Å². The molecule has 0 fully saturated rings. The second-order valence-corrected chi connectivity index (χ2v) is 5.30. The van der Waals surface area contributed by atoms with Crippen molar-refractivity contribution < 1.29 is 28.2 Å². The van der Waals surface area contributed by atoms with Crippen LogP contribution in [0, 0.1) is 5.82 Å². The number of hydrogen-bond acceptors (Lipinski definition) is 5. The van der Waals surface area contributed by atoms with Gasteiger partial charge in [-0.25, -0.2) is 9.18 Å². The summed E-state index contributed by atoms with van der Waals surface area (Å²) in [6.45, 7) is 0. The van der Waals surface area contributed by atoms with E-state index in [1.807, 2.05) is 0 Å². The number of methoxy groups -OCH3 is 2. The van der Waals surface area contributed by atoms with Gasteiger partial charge in [0, 0.05) is 12.0 Å². The number of carbonyl (C=O) groups is 2. The molecule has 1 aliphatic heterocycles. The summed E-state index contributed by atoms with van der Waals surface area (Å²) >= 11 is 0. The van der Waals surface area contributed by atoms with E-state index >= 15 is 0 Å². The van der Waals surface area contributed by atoms with E-state index in [1.54, 1.807) is 12.1 Å². The number of ether oxygens (including phenoxy) is 3. The normalized spacial score (nSPS) is 16.1. The van der Waals surface area contributed by atoms with Crippen molar-refractivity contribution in [1.82, 2.24) is 0 Å². The summed E-state index contributed by atoms with van der Waals surface area (Å²) in [5.74, 6) is -0.755. The first-order chi connectivity index (χ1) is 11.5. The molecule has 1 heterocycles. The van der Waals surface area contributed by atoms with Gasteiger partial charge >= 0.3 is 5.97 Å². The number of cyclic esters (lactones) is 1.